The Labute approximate surface area is 140 Å². The van der Waals surface area contributed by atoms with E-state index in [0.717, 1.165) is 0 Å². The van der Waals surface area contributed by atoms with E-state index >= 15 is 0 Å². The van der Waals surface area contributed by atoms with E-state index in [9.17, 15) is 19.8 Å². The lowest BCUT2D eigenvalue weighted by atomic mass is 10.1. The minimum Gasteiger partial charge on any atom is -0.380 e. The van der Waals surface area contributed by atoms with Crippen LogP contribution in [0.1, 0.15) is 41.9 Å². The molecule has 3 rings (SSSR count). The van der Waals surface area contributed by atoms with Gasteiger partial charge in [0.25, 0.3) is 11.8 Å². The van der Waals surface area contributed by atoms with E-state index in [-0.39, 0.29) is 17.9 Å². The number of hydrogen-bond donors (Lipinski definition) is 3. The van der Waals surface area contributed by atoms with Gasteiger partial charge in [0.2, 0.25) is 0 Å². The Bertz CT molecular complexity index is 640. The van der Waals surface area contributed by atoms with Crippen molar-refractivity contribution in [1.82, 2.24) is 9.80 Å². The maximum Gasteiger partial charge on any atom is 0.254 e. The predicted octanol–water partition coefficient (Wildman–Crippen LogP) is -0.166. The third-order valence-corrected chi connectivity index (χ3v) is 4.80. The molecule has 2 aliphatic rings. The molecule has 130 valence electrons. The lowest BCUT2D eigenvalue weighted by Gasteiger charge is -2.40. The van der Waals surface area contributed by atoms with Crippen LogP contribution in [0.2, 0.25) is 0 Å². The fraction of sp³-hybridized carbons (Fsp3) is 0.529. The van der Waals surface area contributed by atoms with Gasteiger partial charge in [-0.3, -0.25) is 9.59 Å². The summed E-state index contributed by atoms with van der Waals surface area (Å²) in [5, 5.41) is 19.3. The second-order valence-electron chi connectivity index (χ2n) is 6.70. The molecular formula is C17H23N3O4. The Balaban J connectivity index is 1.64. The van der Waals surface area contributed by atoms with Gasteiger partial charge in [-0.15, -0.1) is 0 Å². The quantitative estimate of drug-likeness (QED) is 0.666. The Morgan fingerprint density at radius 2 is 1.88 bits per heavy atom. The van der Waals surface area contributed by atoms with Gasteiger partial charge in [-0.25, -0.2) is 0 Å². The summed E-state index contributed by atoms with van der Waals surface area (Å²) in [6.07, 6.45) is -0.00869. The van der Waals surface area contributed by atoms with Crippen LogP contribution in [-0.4, -0.2) is 63.1 Å². The second kappa shape index (κ2) is 6.16. The highest BCUT2D eigenvalue weighted by molar-refractivity contribution is 5.94. The van der Waals surface area contributed by atoms with Gasteiger partial charge >= 0.3 is 0 Å². The maximum absolute atomic E-state index is 12.6. The van der Waals surface area contributed by atoms with Crippen LogP contribution in [0, 0.1) is 0 Å². The molecule has 1 saturated heterocycles. The number of benzene rings is 1. The average Bonchev–Trinajstić information content (AvgIpc) is 3.32. The van der Waals surface area contributed by atoms with E-state index in [1.165, 1.54) is 0 Å². The van der Waals surface area contributed by atoms with Crippen LogP contribution >= 0.6 is 0 Å². The number of rotatable bonds is 3. The van der Waals surface area contributed by atoms with Crippen LogP contribution in [0.25, 0.3) is 0 Å². The SMILES string of the molecule is C[C@H]1CN(C(=O)c2ccc(C(N)O)cc2)CCN1C(=O)C1(O)CC1. The lowest BCUT2D eigenvalue weighted by molar-refractivity contribution is -0.146. The molecule has 7 heteroatoms. The topological polar surface area (TPSA) is 107 Å². The van der Waals surface area contributed by atoms with Crippen molar-refractivity contribution >= 4 is 11.8 Å². The Kier molecular flexibility index (Phi) is 4.33. The first-order valence-electron chi connectivity index (χ1n) is 8.18. The molecule has 1 heterocycles. The van der Waals surface area contributed by atoms with Crippen molar-refractivity contribution in [2.24, 2.45) is 5.73 Å². The summed E-state index contributed by atoms with van der Waals surface area (Å²) in [6.45, 7) is 3.18. The van der Waals surface area contributed by atoms with Gasteiger partial charge < -0.3 is 25.7 Å². The number of piperazine rings is 1. The Morgan fingerprint density at radius 1 is 1.25 bits per heavy atom. The molecule has 1 aromatic rings. The Morgan fingerprint density at radius 3 is 2.38 bits per heavy atom. The molecule has 2 amide bonds. The fourth-order valence-corrected chi connectivity index (χ4v) is 3.05. The lowest BCUT2D eigenvalue weighted by Crippen LogP contribution is -2.57. The number of carbonyl (C=O) groups is 2. The van der Waals surface area contributed by atoms with Gasteiger partial charge in [0, 0.05) is 31.2 Å². The predicted molar refractivity (Wildman–Crippen MR) is 86.9 cm³/mol. The van der Waals surface area contributed by atoms with Gasteiger partial charge in [0.05, 0.1) is 0 Å². The van der Waals surface area contributed by atoms with E-state index in [0.29, 0.717) is 43.6 Å². The standard InChI is InChI=1S/C17H23N3O4/c1-11-10-19(8-9-20(11)16(23)17(24)6-7-17)15(22)13-4-2-12(3-5-13)14(18)21/h2-5,11,14,21,24H,6-10,18H2,1H3/t11-,14?/m0/s1. The molecule has 0 radical (unpaired) electrons. The summed E-state index contributed by atoms with van der Waals surface area (Å²) in [4.78, 5) is 28.2. The van der Waals surface area contributed by atoms with E-state index in [1.54, 1.807) is 34.1 Å². The largest absolute Gasteiger partial charge is 0.380 e. The first kappa shape index (κ1) is 16.9. The van der Waals surface area contributed by atoms with Crippen molar-refractivity contribution in [1.29, 1.82) is 0 Å². The normalized spacial score (nSPS) is 23.8. The van der Waals surface area contributed by atoms with Crippen LogP contribution in [-0.2, 0) is 4.79 Å². The molecule has 2 atom stereocenters. The van der Waals surface area contributed by atoms with Crippen LogP contribution in [0.4, 0.5) is 0 Å². The van der Waals surface area contributed by atoms with E-state index in [2.05, 4.69) is 0 Å². The summed E-state index contributed by atoms with van der Waals surface area (Å²) >= 11 is 0. The molecule has 2 fully saturated rings. The third-order valence-electron chi connectivity index (χ3n) is 4.80. The molecule has 24 heavy (non-hydrogen) atoms. The number of amides is 2. The van der Waals surface area contributed by atoms with E-state index in [4.69, 9.17) is 5.73 Å². The number of nitrogens with two attached hydrogens (primary N) is 1. The van der Waals surface area contributed by atoms with Crippen molar-refractivity contribution in [2.75, 3.05) is 19.6 Å². The maximum atomic E-state index is 12.6. The van der Waals surface area contributed by atoms with Crippen molar-refractivity contribution in [3.8, 4) is 0 Å². The molecule has 1 aromatic carbocycles. The zero-order chi connectivity index (χ0) is 17.5. The highest BCUT2D eigenvalue weighted by atomic mass is 16.3. The Hall–Kier alpha value is -1.96. The number of carbonyl (C=O) groups excluding carboxylic acids is 2. The molecule has 7 nitrogen and oxygen atoms in total. The average molecular weight is 333 g/mol. The van der Waals surface area contributed by atoms with Crippen LogP contribution in [0.5, 0.6) is 0 Å². The molecule has 1 saturated carbocycles. The van der Waals surface area contributed by atoms with Crippen LogP contribution < -0.4 is 5.73 Å². The molecule has 1 unspecified atom stereocenters. The number of nitrogens with zero attached hydrogens (tertiary/aromatic N) is 2. The molecule has 0 aromatic heterocycles. The second-order valence-corrected chi connectivity index (χ2v) is 6.70. The van der Waals surface area contributed by atoms with Crippen molar-refractivity contribution in [3.63, 3.8) is 0 Å². The van der Waals surface area contributed by atoms with Gasteiger partial charge in [-0.1, -0.05) is 12.1 Å². The fourth-order valence-electron chi connectivity index (χ4n) is 3.05. The van der Waals surface area contributed by atoms with Gasteiger partial charge in [0.15, 0.2) is 0 Å². The zero-order valence-electron chi connectivity index (χ0n) is 13.7. The summed E-state index contributed by atoms with van der Waals surface area (Å²) < 4.78 is 0. The smallest absolute Gasteiger partial charge is 0.254 e. The van der Waals surface area contributed by atoms with E-state index < -0.39 is 11.8 Å². The van der Waals surface area contributed by atoms with Gasteiger partial charge in [-0.05, 0) is 37.5 Å². The summed E-state index contributed by atoms with van der Waals surface area (Å²) in [5.41, 5.74) is 5.29. The summed E-state index contributed by atoms with van der Waals surface area (Å²) in [5.74, 6) is -0.333. The van der Waals surface area contributed by atoms with E-state index in [1.807, 2.05) is 6.92 Å². The minimum atomic E-state index is -1.17. The molecule has 0 spiro atoms. The molecule has 1 aliphatic carbocycles. The number of aliphatic hydroxyl groups is 2. The highest BCUT2D eigenvalue weighted by Gasteiger charge is 2.51. The van der Waals surface area contributed by atoms with Crippen LogP contribution in [0.15, 0.2) is 24.3 Å². The first-order valence-corrected chi connectivity index (χ1v) is 8.18. The summed E-state index contributed by atoms with van der Waals surface area (Å²) in [6, 6.07) is 6.41. The molecule has 0 bridgehead atoms. The van der Waals surface area contributed by atoms with Crippen LogP contribution in [0.3, 0.4) is 0 Å². The van der Waals surface area contributed by atoms with Crippen molar-refractivity contribution in [2.45, 2.75) is 37.6 Å². The number of aliphatic hydroxyl groups excluding tert-OH is 1. The van der Waals surface area contributed by atoms with Crippen molar-refractivity contribution < 1.29 is 19.8 Å². The minimum absolute atomic E-state index is 0.114. The third kappa shape index (κ3) is 3.15. The summed E-state index contributed by atoms with van der Waals surface area (Å²) in [7, 11) is 0. The molecular weight excluding hydrogens is 310 g/mol. The number of hydrogen-bond acceptors (Lipinski definition) is 5. The molecule has 1 aliphatic heterocycles. The van der Waals surface area contributed by atoms with Gasteiger partial charge in [-0.2, -0.15) is 0 Å². The first-order chi connectivity index (χ1) is 11.3. The zero-order valence-corrected chi connectivity index (χ0v) is 13.7. The van der Waals surface area contributed by atoms with Crippen molar-refractivity contribution in [3.05, 3.63) is 35.4 Å². The monoisotopic (exact) mass is 333 g/mol. The highest BCUT2D eigenvalue weighted by Crippen LogP contribution is 2.37. The molecule has 4 N–H and O–H groups in total. The van der Waals surface area contributed by atoms with Gasteiger partial charge in [0.1, 0.15) is 11.8 Å².